The molecule has 0 amide bonds. The van der Waals surface area contributed by atoms with Crippen LogP contribution in [0.5, 0.6) is 0 Å². The summed E-state index contributed by atoms with van der Waals surface area (Å²) >= 11 is 3.72. The summed E-state index contributed by atoms with van der Waals surface area (Å²) in [6, 6.07) is 0. The van der Waals surface area contributed by atoms with E-state index >= 15 is 0 Å². The van der Waals surface area contributed by atoms with Gasteiger partial charge in [0.1, 0.15) is 0 Å². The SMILES string of the molecule is C=CCCCCCCCCC(=O)S. The van der Waals surface area contributed by atoms with E-state index in [0.717, 1.165) is 12.8 Å². The van der Waals surface area contributed by atoms with Gasteiger partial charge in [-0.1, -0.05) is 31.8 Å². The first kappa shape index (κ1) is 12.8. The van der Waals surface area contributed by atoms with E-state index in [9.17, 15) is 4.79 Å². The summed E-state index contributed by atoms with van der Waals surface area (Å²) in [4.78, 5) is 10.5. The Hall–Kier alpha value is -0.240. The van der Waals surface area contributed by atoms with Gasteiger partial charge in [-0.25, -0.2) is 0 Å². The summed E-state index contributed by atoms with van der Waals surface area (Å²) in [6.07, 6.45) is 11.0. The molecule has 0 aromatic rings. The van der Waals surface area contributed by atoms with Crippen LogP contribution < -0.4 is 0 Å². The third-order valence-corrected chi connectivity index (χ3v) is 2.27. The molecule has 0 saturated carbocycles. The van der Waals surface area contributed by atoms with Crippen LogP contribution in [0.3, 0.4) is 0 Å². The number of allylic oxidation sites excluding steroid dienone is 1. The van der Waals surface area contributed by atoms with E-state index in [1.807, 2.05) is 6.08 Å². The highest BCUT2D eigenvalue weighted by Crippen LogP contribution is 2.09. The molecular formula is C11H20OS. The minimum Gasteiger partial charge on any atom is -0.288 e. The topological polar surface area (TPSA) is 17.1 Å². The molecule has 0 aliphatic carbocycles. The van der Waals surface area contributed by atoms with Crippen molar-refractivity contribution in [3.05, 3.63) is 12.7 Å². The molecule has 0 aliphatic heterocycles. The first-order valence-corrected chi connectivity index (χ1v) is 5.54. The number of thiol groups is 1. The molecule has 0 aliphatic rings. The van der Waals surface area contributed by atoms with Gasteiger partial charge in [0.05, 0.1) is 0 Å². The van der Waals surface area contributed by atoms with Gasteiger partial charge in [0.25, 0.3) is 0 Å². The highest BCUT2D eigenvalue weighted by atomic mass is 32.1. The first-order valence-electron chi connectivity index (χ1n) is 5.10. The van der Waals surface area contributed by atoms with Gasteiger partial charge in [-0.05, 0) is 19.3 Å². The number of hydrogen-bond acceptors (Lipinski definition) is 1. The van der Waals surface area contributed by atoms with Gasteiger partial charge in [-0.15, -0.1) is 19.2 Å². The monoisotopic (exact) mass is 200 g/mol. The van der Waals surface area contributed by atoms with Crippen LogP contribution >= 0.6 is 12.6 Å². The standard InChI is InChI=1S/C11H20OS/c1-2-3-4-5-6-7-8-9-10-11(12)13/h2H,1,3-10H2,(H,12,13). The molecular weight excluding hydrogens is 180 g/mol. The zero-order valence-corrected chi connectivity index (χ0v) is 9.19. The number of carbonyl (C=O) groups is 1. The van der Waals surface area contributed by atoms with Gasteiger partial charge < -0.3 is 0 Å². The Bertz CT molecular complexity index is 143. The first-order chi connectivity index (χ1) is 6.27. The average Bonchev–Trinajstić information content (AvgIpc) is 2.09. The highest BCUT2D eigenvalue weighted by molar-refractivity contribution is 7.96. The van der Waals surface area contributed by atoms with Crippen molar-refractivity contribution in [2.75, 3.05) is 0 Å². The van der Waals surface area contributed by atoms with Gasteiger partial charge in [0.15, 0.2) is 5.12 Å². The van der Waals surface area contributed by atoms with E-state index in [1.54, 1.807) is 0 Å². The van der Waals surface area contributed by atoms with Crippen molar-refractivity contribution in [3.63, 3.8) is 0 Å². The molecule has 0 heterocycles. The van der Waals surface area contributed by atoms with Crippen molar-refractivity contribution in [1.29, 1.82) is 0 Å². The predicted molar refractivity (Wildman–Crippen MR) is 61.1 cm³/mol. The normalized spacial score (nSPS) is 9.92. The molecule has 0 aromatic heterocycles. The third-order valence-electron chi connectivity index (χ3n) is 2.05. The van der Waals surface area contributed by atoms with E-state index in [4.69, 9.17) is 0 Å². The molecule has 0 atom stereocenters. The Morgan fingerprint density at radius 1 is 1.08 bits per heavy atom. The second kappa shape index (κ2) is 9.85. The van der Waals surface area contributed by atoms with Gasteiger partial charge >= 0.3 is 0 Å². The lowest BCUT2D eigenvalue weighted by atomic mass is 10.1. The van der Waals surface area contributed by atoms with Crippen molar-refractivity contribution in [3.8, 4) is 0 Å². The molecule has 13 heavy (non-hydrogen) atoms. The second-order valence-corrected chi connectivity index (χ2v) is 3.84. The van der Waals surface area contributed by atoms with E-state index in [2.05, 4.69) is 19.2 Å². The predicted octanol–water partition coefficient (Wildman–Crippen LogP) is 3.75. The Kier molecular flexibility index (Phi) is 9.66. The summed E-state index contributed by atoms with van der Waals surface area (Å²) in [7, 11) is 0. The molecule has 1 nitrogen and oxygen atoms in total. The van der Waals surface area contributed by atoms with Crippen LogP contribution in [0.25, 0.3) is 0 Å². The Labute approximate surface area is 87.0 Å². The number of rotatable bonds is 9. The number of hydrogen-bond donors (Lipinski definition) is 1. The molecule has 0 saturated heterocycles. The van der Waals surface area contributed by atoms with Crippen molar-refractivity contribution >= 4 is 17.7 Å². The summed E-state index contributed by atoms with van der Waals surface area (Å²) in [6.45, 7) is 3.68. The fourth-order valence-corrected chi connectivity index (χ4v) is 1.43. The molecule has 0 fully saturated rings. The number of unbranched alkanes of at least 4 members (excludes halogenated alkanes) is 6. The van der Waals surface area contributed by atoms with E-state index < -0.39 is 0 Å². The summed E-state index contributed by atoms with van der Waals surface area (Å²) in [5.41, 5.74) is 0. The van der Waals surface area contributed by atoms with E-state index in [-0.39, 0.29) is 5.12 Å². The van der Waals surface area contributed by atoms with Crippen molar-refractivity contribution in [1.82, 2.24) is 0 Å². The highest BCUT2D eigenvalue weighted by Gasteiger charge is 1.94. The van der Waals surface area contributed by atoms with Gasteiger partial charge in [0.2, 0.25) is 0 Å². The minimum atomic E-state index is 0.0201. The minimum absolute atomic E-state index is 0.0201. The summed E-state index contributed by atoms with van der Waals surface area (Å²) in [5.74, 6) is 0. The zero-order valence-electron chi connectivity index (χ0n) is 8.30. The smallest absolute Gasteiger partial charge is 0.185 e. The maximum atomic E-state index is 10.5. The largest absolute Gasteiger partial charge is 0.288 e. The fraction of sp³-hybridized carbons (Fsp3) is 0.727. The maximum Gasteiger partial charge on any atom is 0.185 e. The van der Waals surface area contributed by atoms with Crippen molar-refractivity contribution < 1.29 is 4.79 Å². The van der Waals surface area contributed by atoms with Gasteiger partial charge in [-0.3, -0.25) is 4.79 Å². The molecule has 0 aromatic carbocycles. The van der Waals surface area contributed by atoms with Crippen LogP contribution in [-0.4, -0.2) is 5.12 Å². The molecule has 0 radical (unpaired) electrons. The molecule has 0 spiro atoms. The maximum absolute atomic E-state index is 10.5. The third kappa shape index (κ3) is 11.8. The Morgan fingerprint density at radius 2 is 1.62 bits per heavy atom. The molecule has 0 rings (SSSR count). The molecule has 0 unspecified atom stereocenters. The zero-order chi connectivity index (χ0) is 9.94. The quantitative estimate of drug-likeness (QED) is 0.341. The summed E-state index contributed by atoms with van der Waals surface area (Å²) < 4.78 is 0. The summed E-state index contributed by atoms with van der Waals surface area (Å²) in [5, 5.41) is 0.0201. The Morgan fingerprint density at radius 3 is 2.15 bits per heavy atom. The van der Waals surface area contributed by atoms with Gasteiger partial charge in [0, 0.05) is 6.42 Å². The molecule has 76 valence electrons. The van der Waals surface area contributed by atoms with Gasteiger partial charge in [-0.2, -0.15) is 0 Å². The second-order valence-electron chi connectivity index (χ2n) is 3.34. The van der Waals surface area contributed by atoms with Crippen molar-refractivity contribution in [2.45, 2.75) is 51.4 Å². The fourth-order valence-electron chi connectivity index (χ4n) is 1.27. The van der Waals surface area contributed by atoms with Crippen LogP contribution in [0.15, 0.2) is 12.7 Å². The Balaban J connectivity index is 2.91. The van der Waals surface area contributed by atoms with Crippen LogP contribution in [0.4, 0.5) is 0 Å². The van der Waals surface area contributed by atoms with Crippen molar-refractivity contribution in [2.24, 2.45) is 0 Å². The number of carbonyl (C=O) groups excluding carboxylic acids is 1. The van der Waals surface area contributed by atoms with E-state index in [1.165, 1.54) is 32.1 Å². The lowest BCUT2D eigenvalue weighted by Gasteiger charge is -1.98. The van der Waals surface area contributed by atoms with E-state index in [0.29, 0.717) is 6.42 Å². The van der Waals surface area contributed by atoms with Crippen LogP contribution in [0.2, 0.25) is 0 Å². The van der Waals surface area contributed by atoms with Crippen LogP contribution in [-0.2, 0) is 4.79 Å². The molecule has 2 heteroatoms. The lowest BCUT2D eigenvalue weighted by molar-refractivity contribution is -0.110. The molecule has 0 N–H and O–H groups in total. The van der Waals surface area contributed by atoms with Crippen LogP contribution in [0.1, 0.15) is 51.4 Å². The van der Waals surface area contributed by atoms with Crippen LogP contribution in [0, 0.1) is 0 Å². The molecule has 0 bridgehead atoms. The lowest BCUT2D eigenvalue weighted by Crippen LogP contribution is -1.86. The average molecular weight is 200 g/mol.